The molecule has 0 amide bonds. The number of hydrogen-bond acceptors (Lipinski definition) is 2. The zero-order chi connectivity index (χ0) is 14.3. The smallest absolute Gasteiger partial charge is 0.0545 e. The molecule has 2 nitrogen and oxygen atoms in total. The summed E-state index contributed by atoms with van der Waals surface area (Å²) in [6.45, 7) is 0.797. The summed E-state index contributed by atoms with van der Waals surface area (Å²) in [6.07, 6.45) is 4.30. The van der Waals surface area contributed by atoms with Crippen LogP contribution in [0.1, 0.15) is 31.2 Å². The first kappa shape index (κ1) is 14.6. The second-order valence-electron chi connectivity index (χ2n) is 6.39. The number of fused-ring (bicyclic) bond motifs is 1. The van der Waals surface area contributed by atoms with Crippen molar-refractivity contribution >= 4 is 23.2 Å². The van der Waals surface area contributed by atoms with E-state index in [4.69, 9.17) is 23.2 Å². The van der Waals surface area contributed by atoms with E-state index in [2.05, 4.69) is 11.9 Å². The number of rotatable bonds is 3. The Hall–Kier alpha value is -0.280. The highest BCUT2D eigenvalue weighted by molar-refractivity contribution is 6.35. The molecule has 2 aliphatic carbocycles. The summed E-state index contributed by atoms with van der Waals surface area (Å²) >= 11 is 12.5. The van der Waals surface area contributed by atoms with Gasteiger partial charge in [-0.25, -0.2) is 0 Å². The summed E-state index contributed by atoms with van der Waals surface area (Å²) in [7, 11) is 2.15. The highest BCUT2D eigenvalue weighted by atomic mass is 35.5. The summed E-state index contributed by atoms with van der Waals surface area (Å²) < 4.78 is 0. The van der Waals surface area contributed by atoms with Gasteiger partial charge in [-0.3, -0.25) is 4.90 Å². The Balaban J connectivity index is 1.65. The molecule has 0 radical (unpaired) electrons. The van der Waals surface area contributed by atoms with E-state index < -0.39 is 0 Å². The number of aliphatic hydroxyl groups excluding tert-OH is 1. The summed E-state index contributed by atoms with van der Waals surface area (Å²) in [5.41, 5.74) is 1.02. The SMILES string of the molecule is CN(Cc1c(Cl)cccc1Cl)C1C[C@H]2CC(O)C[C@H]2C1. The van der Waals surface area contributed by atoms with E-state index in [1.54, 1.807) is 0 Å². The van der Waals surface area contributed by atoms with Gasteiger partial charge in [-0.15, -0.1) is 0 Å². The summed E-state index contributed by atoms with van der Waals surface area (Å²) in [5, 5.41) is 11.2. The molecule has 0 bridgehead atoms. The van der Waals surface area contributed by atoms with E-state index in [1.807, 2.05) is 18.2 Å². The zero-order valence-corrected chi connectivity index (χ0v) is 13.2. The quantitative estimate of drug-likeness (QED) is 0.912. The van der Waals surface area contributed by atoms with Gasteiger partial charge in [-0.05, 0) is 56.7 Å². The lowest BCUT2D eigenvalue weighted by molar-refractivity contribution is 0.158. The van der Waals surface area contributed by atoms with Crippen LogP contribution >= 0.6 is 23.2 Å². The molecule has 2 aliphatic rings. The van der Waals surface area contributed by atoms with E-state index in [0.29, 0.717) is 17.9 Å². The Bertz CT molecular complexity index is 459. The molecule has 4 atom stereocenters. The lowest BCUT2D eigenvalue weighted by Gasteiger charge is -2.26. The number of benzene rings is 1. The van der Waals surface area contributed by atoms with Crippen molar-refractivity contribution in [2.24, 2.45) is 11.8 Å². The maximum Gasteiger partial charge on any atom is 0.0545 e. The molecule has 2 fully saturated rings. The van der Waals surface area contributed by atoms with Crippen molar-refractivity contribution in [1.29, 1.82) is 0 Å². The Morgan fingerprint density at radius 1 is 1.10 bits per heavy atom. The molecule has 0 saturated heterocycles. The third-order valence-electron chi connectivity index (χ3n) is 5.06. The van der Waals surface area contributed by atoms with Crippen LogP contribution in [0, 0.1) is 11.8 Å². The van der Waals surface area contributed by atoms with Crippen molar-refractivity contribution in [3.8, 4) is 0 Å². The van der Waals surface area contributed by atoms with E-state index >= 15 is 0 Å². The number of aliphatic hydroxyl groups is 1. The van der Waals surface area contributed by atoms with E-state index in [9.17, 15) is 5.11 Å². The average molecular weight is 314 g/mol. The molecule has 0 spiro atoms. The van der Waals surface area contributed by atoms with Crippen molar-refractivity contribution in [2.75, 3.05) is 7.05 Å². The highest BCUT2D eigenvalue weighted by Crippen LogP contribution is 2.45. The Labute approximate surface area is 130 Å². The van der Waals surface area contributed by atoms with Gasteiger partial charge in [0.15, 0.2) is 0 Å². The van der Waals surface area contributed by atoms with Crippen LogP contribution in [0.15, 0.2) is 18.2 Å². The predicted molar refractivity (Wildman–Crippen MR) is 83.2 cm³/mol. The Kier molecular flexibility index (Phi) is 4.28. The fourth-order valence-electron chi connectivity index (χ4n) is 3.97. The average Bonchev–Trinajstić information content (AvgIpc) is 2.91. The topological polar surface area (TPSA) is 23.5 Å². The zero-order valence-electron chi connectivity index (χ0n) is 11.7. The molecular formula is C16H21Cl2NO. The first-order valence-corrected chi connectivity index (χ1v) is 8.11. The molecule has 0 aliphatic heterocycles. The highest BCUT2D eigenvalue weighted by Gasteiger charge is 2.42. The van der Waals surface area contributed by atoms with Crippen LogP contribution in [0.5, 0.6) is 0 Å². The monoisotopic (exact) mass is 313 g/mol. The minimum absolute atomic E-state index is 0.0609. The van der Waals surface area contributed by atoms with E-state index in [0.717, 1.165) is 35.0 Å². The van der Waals surface area contributed by atoms with Crippen LogP contribution in [0.25, 0.3) is 0 Å². The molecular weight excluding hydrogens is 293 g/mol. The molecule has 110 valence electrons. The van der Waals surface area contributed by atoms with Crippen molar-refractivity contribution in [3.63, 3.8) is 0 Å². The van der Waals surface area contributed by atoms with Gasteiger partial charge in [0, 0.05) is 28.2 Å². The lowest BCUT2D eigenvalue weighted by atomic mass is 10.0. The normalized spacial score (nSPS) is 32.9. The molecule has 4 heteroatoms. The third-order valence-corrected chi connectivity index (χ3v) is 5.77. The van der Waals surface area contributed by atoms with Crippen LogP contribution in [0.2, 0.25) is 10.0 Å². The van der Waals surface area contributed by atoms with Crippen molar-refractivity contribution in [3.05, 3.63) is 33.8 Å². The van der Waals surface area contributed by atoms with Crippen LogP contribution in [-0.2, 0) is 6.54 Å². The minimum Gasteiger partial charge on any atom is -0.393 e. The van der Waals surface area contributed by atoms with E-state index in [-0.39, 0.29) is 6.10 Å². The standard InChI is InChI=1S/C16H21Cl2NO/c1-19(9-14-15(17)3-2-4-16(14)18)12-5-10-7-13(20)8-11(10)6-12/h2-4,10-13,20H,5-9H2,1H3/t10-,11+,12?,13?. The third kappa shape index (κ3) is 2.85. The van der Waals surface area contributed by atoms with Crippen LogP contribution < -0.4 is 0 Å². The van der Waals surface area contributed by atoms with Gasteiger partial charge in [0.25, 0.3) is 0 Å². The largest absolute Gasteiger partial charge is 0.393 e. The van der Waals surface area contributed by atoms with Gasteiger partial charge in [-0.2, -0.15) is 0 Å². The summed E-state index contributed by atoms with van der Waals surface area (Å²) in [5.74, 6) is 1.42. The molecule has 20 heavy (non-hydrogen) atoms. The molecule has 2 saturated carbocycles. The molecule has 1 N–H and O–H groups in total. The van der Waals surface area contributed by atoms with Crippen molar-refractivity contribution in [2.45, 2.75) is 44.4 Å². The van der Waals surface area contributed by atoms with Gasteiger partial charge in [0.2, 0.25) is 0 Å². The van der Waals surface area contributed by atoms with Gasteiger partial charge >= 0.3 is 0 Å². The van der Waals surface area contributed by atoms with Crippen LogP contribution in [0.4, 0.5) is 0 Å². The fraction of sp³-hybridized carbons (Fsp3) is 0.625. The molecule has 0 heterocycles. The second kappa shape index (κ2) is 5.84. The first-order valence-electron chi connectivity index (χ1n) is 7.35. The predicted octanol–water partition coefficient (Wildman–Crippen LogP) is 3.97. The second-order valence-corrected chi connectivity index (χ2v) is 7.20. The van der Waals surface area contributed by atoms with E-state index in [1.165, 1.54) is 12.8 Å². The maximum absolute atomic E-state index is 9.72. The maximum atomic E-state index is 9.72. The number of halogens is 2. The number of nitrogens with zero attached hydrogens (tertiary/aromatic N) is 1. The molecule has 2 unspecified atom stereocenters. The van der Waals surface area contributed by atoms with Crippen LogP contribution in [-0.4, -0.2) is 29.2 Å². The van der Waals surface area contributed by atoms with Gasteiger partial charge < -0.3 is 5.11 Å². The summed E-state index contributed by atoms with van der Waals surface area (Å²) in [4.78, 5) is 2.37. The molecule has 0 aromatic heterocycles. The van der Waals surface area contributed by atoms with Gasteiger partial charge in [-0.1, -0.05) is 29.3 Å². The first-order chi connectivity index (χ1) is 9.54. The Morgan fingerprint density at radius 3 is 2.20 bits per heavy atom. The van der Waals surface area contributed by atoms with Gasteiger partial charge in [0.1, 0.15) is 0 Å². The lowest BCUT2D eigenvalue weighted by Crippen LogP contribution is -2.30. The number of hydrogen-bond donors (Lipinski definition) is 1. The van der Waals surface area contributed by atoms with Crippen molar-refractivity contribution in [1.82, 2.24) is 4.90 Å². The minimum atomic E-state index is -0.0609. The van der Waals surface area contributed by atoms with Gasteiger partial charge in [0.05, 0.1) is 6.10 Å². The molecule has 1 aromatic rings. The van der Waals surface area contributed by atoms with Crippen molar-refractivity contribution < 1.29 is 5.11 Å². The van der Waals surface area contributed by atoms with Crippen LogP contribution in [0.3, 0.4) is 0 Å². The fourth-order valence-corrected chi connectivity index (χ4v) is 4.49. The summed E-state index contributed by atoms with van der Waals surface area (Å²) in [6, 6.07) is 6.27. The Morgan fingerprint density at radius 2 is 1.65 bits per heavy atom. The molecule has 1 aromatic carbocycles. The molecule has 3 rings (SSSR count).